The molecule has 2 rings (SSSR count). The number of halogens is 2. The smallest absolute Gasteiger partial charge is 0.220 e. The van der Waals surface area contributed by atoms with Gasteiger partial charge in [-0.2, -0.15) is 0 Å². The highest BCUT2D eigenvalue weighted by molar-refractivity contribution is 5.85. The number of hydrogen-bond acceptors (Lipinski definition) is 3. The number of likely N-dealkylation sites (N-methyl/N-ethyl adjacent to an activating group) is 1. The lowest BCUT2D eigenvalue weighted by Gasteiger charge is -2.33. The zero-order valence-electron chi connectivity index (χ0n) is 13.6. The van der Waals surface area contributed by atoms with Crippen molar-refractivity contribution in [3.63, 3.8) is 0 Å². The van der Waals surface area contributed by atoms with Gasteiger partial charge in [-0.15, -0.1) is 24.8 Å². The van der Waals surface area contributed by atoms with Gasteiger partial charge in [-0.3, -0.25) is 4.79 Å². The van der Waals surface area contributed by atoms with Crippen LogP contribution in [0, 0.1) is 5.92 Å². The summed E-state index contributed by atoms with van der Waals surface area (Å²) in [6.45, 7) is 5.02. The Hall–Kier alpha value is -0.0300. The first-order chi connectivity index (χ1) is 8.87. The van der Waals surface area contributed by atoms with E-state index in [2.05, 4.69) is 43.5 Å². The lowest BCUT2D eigenvalue weighted by molar-refractivity contribution is -0.122. The van der Waals surface area contributed by atoms with Gasteiger partial charge >= 0.3 is 0 Å². The zero-order chi connectivity index (χ0) is 14.0. The standard InChI is InChI=1S/C15H29N3O.2ClH/c1-15(2,18(3)4)10-16-14(19)9-11-7-12-5-6-13(8-11)17-12;;/h11-13,17H,5-10H2,1-4H3,(H,16,19);2*1H. The molecule has 2 aliphatic heterocycles. The summed E-state index contributed by atoms with van der Waals surface area (Å²) in [6.07, 6.45) is 5.67. The van der Waals surface area contributed by atoms with E-state index in [1.54, 1.807) is 0 Å². The van der Waals surface area contributed by atoms with E-state index in [4.69, 9.17) is 0 Å². The maximum atomic E-state index is 12.1. The molecule has 2 fully saturated rings. The van der Waals surface area contributed by atoms with Crippen LogP contribution in [0.1, 0.15) is 46.0 Å². The van der Waals surface area contributed by atoms with Gasteiger partial charge in [0.2, 0.25) is 5.91 Å². The predicted molar refractivity (Wildman–Crippen MR) is 92.6 cm³/mol. The Bertz CT molecular complexity index is 325. The van der Waals surface area contributed by atoms with E-state index in [1.165, 1.54) is 25.7 Å². The Balaban J connectivity index is 0.00000200. The van der Waals surface area contributed by atoms with Gasteiger partial charge in [0, 0.05) is 30.6 Å². The van der Waals surface area contributed by atoms with E-state index in [-0.39, 0.29) is 36.3 Å². The average Bonchev–Trinajstić information content (AvgIpc) is 2.66. The molecule has 0 aromatic carbocycles. The molecule has 0 spiro atoms. The van der Waals surface area contributed by atoms with Gasteiger partial charge in [-0.05, 0) is 59.5 Å². The first-order valence-corrected chi connectivity index (χ1v) is 7.57. The zero-order valence-corrected chi connectivity index (χ0v) is 15.3. The maximum Gasteiger partial charge on any atom is 0.220 e. The molecule has 21 heavy (non-hydrogen) atoms. The van der Waals surface area contributed by atoms with Crippen LogP contribution in [0.3, 0.4) is 0 Å². The van der Waals surface area contributed by atoms with Crippen LogP contribution in [-0.2, 0) is 4.79 Å². The Labute approximate surface area is 141 Å². The Morgan fingerprint density at radius 1 is 1.19 bits per heavy atom. The van der Waals surface area contributed by atoms with Crippen molar-refractivity contribution in [1.29, 1.82) is 0 Å². The van der Waals surface area contributed by atoms with Crippen molar-refractivity contribution in [3.05, 3.63) is 0 Å². The van der Waals surface area contributed by atoms with Gasteiger partial charge in [0.25, 0.3) is 0 Å². The highest BCUT2D eigenvalue weighted by Gasteiger charge is 2.34. The van der Waals surface area contributed by atoms with Crippen molar-refractivity contribution < 1.29 is 4.79 Å². The summed E-state index contributed by atoms with van der Waals surface area (Å²) in [6, 6.07) is 1.35. The summed E-state index contributed by atoms with van der Waals surface area (Å²) in [7, 11) is 4.10. The molecule has 6 heteroatoms. The summed E-state index contributed by atoms with van der Waals surface area (Å²) >= 11 is 0. The second-order valence-corrected chi connectivity index (χ2v) is 7.16. The lowest BCUT2D eigenvalue weighted by atomic mass is 9.89. The number of carbonyl (C=O) groups excluding carboxylic acids is 1. The molecule has 2 N–H and O–H groups in total. The van der Waals surface area contributed by atoms with Gasteiger partial charge in [0.15, 0.2) is 0 Å². The Kier molecular flexibility index (Phi) is 8.55. The number of carbonyl (C=O) groups is 1. The Morgan fingerprint density at radius 2 is 1.71 bits per heavy atom. The third-order valence-corrected chi connectivity index (χ3v) is 4.97. The van der Waals surface area contributed by atoms with Crippen LogP contribution in [0.5, 0.6) is 0 Å². The van der Waals surface area contributed by atoms with Gasteiger partial charge in [-0.1, -0.05) is 0 Å². The predicted octanol–water partition coefficient (Wildman–Crippen LogP) is 2.21. The molecule has 0 aliphatic carbocycles. The topological polar surface area (TPSA) is 44.4 Å². The van der Waals surface area contributed by atoms with Crippen LogP contribution in [0.25, 0.3) is 0 Å². The molecule has 0 aromatic heterocycles. The second-order valence-electron chi connectivity index (χ2n) is 7.16. The summed E-state index contributed by atoms with van der Waals surface area (Å²) in [5.41, 5.74) is 0.0167. The molecule has 2 saturated heterocycles. The van der Waals surface area contributed by atoms with Crippen molar-refractivity contribution in [2.24, 2.45) is 5.92 Å². The minimum absolute atomic E-state index is 0. The van der Waals surface area contributed by atoms with Crippen LogP contribution in [0.2, 0.25) is 0 Å². The number of rotatable bonds is 5. The largest absolute Gasteiger partial charge is 0.354 e. The summed E-state index contributed by atoms with van der Waals surface area (Å²) < 4.78 is 0. The maximum absolute atomic E-state index is 12.1. The van der Waals surface area contributed by atoms with Crippen LogP contribution in [0.4, 0.5) is 0 Å². The van der Waals surface area contributed by atoms with Crippen molar-refractivity contribution in [3.8, 4) is 0 Å². The van der Waals surface area contributed by atoms with Gasteiger partial charge in [0.1, 0.15) is 0 Å². The molecular weight excluding hydrogens is 309 g/mol. The van der Waals surface area contributed by atoms with E-state index >= 15 is 0 Å². The normalized spacial score (nSPS) is 27.8. The fraction of sp³-hybridized carbons (Fsp3) is 0.933. The third-order valence-electron chi connectivity index (χ3n) is 4.97. The molecule has 1 amide bonds. The molecule has 0 aromatic rings. The number of piperidine rings is 1. The highest BCUT2D eigenvalue weighted by atomic mass is 35.5. The minimum atomic E-state index is 0. The van der Waals surface area contributed by atoms with Gasteiger partial charge in [0.05, 0.1) is 0 Å². The first-order valence-electron chi connectivity index (χ1n) is 7.57. The molecule has 0 saturated carbocycles. The van der Waals surface area contributed by atoms with Crippen molar-refractivity contribution in [1.82, 2.24) is 15.5 Å². The van der Waals surface area contributed by atoms with E-state index < -0.39 is 0 Å². The van der Waals surface area contributed by atoms with E-state index in [0.29, 0.717) is 24.4 Å². The molecular formula is C15H31Cl2N3O. The number of hydrogen-bond donors (Lipinski definition) is 2. The molecule has 2 bridgehead atoms. The molecule has 2 atom stereocenters. The lowest BCUT2D eigenvalue weighted by Crippen LogP contribution is -2.48. The van der Waals surface area contributed by atoms with Crippen LogP contribution in [-0.4, -0.2) is 49.1 Å². The SMILES string of the molecule is CN(C)C(C)(C)CNC(=O)CC1CC2CCC(C1)N2.Cl.Cl. The average molecular weight is 340 g/mol. The molecule has 0 radical (unpaired) electrons. The van der Waals surface area contributed by atoms with Crippen LogP contribution >= 0.6 is 24.8 Å². The van der Waals surface area contributed by atoms with Gasteiger partial charge in [-0.25, -0.2) is 0 Å². The third kappa shape index (κ3) is 5.93. The van der Waals surface area contributed by atoms with E-state index in [9.17, 15) is 4.79 Å². The number of nitrogens with one attached hydrogen (secondary N) is 2. The highest BCUT2D eigenvalue weighted by Crippen LogP contribution is 2.32. The molecule has 126 valence electrons. The van der Waals surface area contributed by atoms with Crippen LogP contribution < -0.4 is 10.6 Å². The molecule has 2 unspecified atom stereocenters. The second kappa shape index (κ2) is 8.56. The minimum Gasteiger partial charge on any atom is -0.354 e. The number of amides is 1. The van der Waals surface area contributed by atoms with Crippen molar-refractivity contribution in [2.75, 3.05) is 20.6 Å². The summed E-state index contributed by atoms with van der Waals surface area (Å²) in [5.74, 6) is 0.808. The monoisotopic (exact) mass is 339 g/mol. The quantitative estimate of drug-likeness (QED) is 0.807. The number of nitrogens with zero attached hydrogens (tertiary/aromatic N) is 1. The fourth-order valence-corrected chi connectivity index (χ4v) is 3.15. The fourth-order valence-electron chi connectivity index (χ4n) is 3.15. The van der Waals surface area contributed by atoms with Crippen LogP contribution in [0.15, 0.2) is 0 Å². The van der Waals surface area contributed by atoms with Crippen molar-refractivity contribution in [2.45, 2.75) is 63.6 Å². The number of fused-ring (bicyclic) bond motifs is 2. The van der Waals surface area contributed by atoms with E-state index in [1.807, 2.05) is 0 Å². The molecule has 4 nitrogen and oxygen atoms in total. The Morgan fingerprint density at radius 3 is 2.19 bits per heavy atom. The molecule has 2 aliphatic rings. The van der Waals surface area contributed by atoms with Gasteiger partial charge < -0.3 is 15.5 Å². The summed E-state index contributed by atoms with van der Waals surface area (Å²) in [4.78, 5) is 14.2. The first kappa shape index (κ1) is 21.0. The van der Waals surface area contributed by atoms with Crippen molar-refractivity contribution >= 4 is 30.7 Å². The van der Waals surface area contributed by atoms with E-state index in [0.717, 1.165) is 6.54 Å². The summed E-state index contributed by atoms with van der Waals surface area (Å²) in [5, 5.41) is 6.73. The molecule has 2 heterocycles.